The van der Waals surface area contributed by atoms with E-state index >= 15 is 0 Å². The number of hydrogen-bond donors (Lipinski definition) is 1. The second kappa shape index (κ2) is 7.37. The Morgan fingerprint density at radius 2 is 2.21 bits per heavy atom. The molecule has 0 spiro atoms. The molecular weight excluding hydrogens is 334 g/mol. The molecule has 0 saturated carbocycles. The van der Waals surface area contributed by atoms with Gasteiger partial charge in [0.05, 0.1) is 32.1 Å². The van der Waals surface area contributed by atoms with Gasteiger partial charge in [-0.3, -0.25) is 10.1 Å². The van der Waals surface area contributed by atoms with E-state index in [1.807, 2.05) is 0 Å². The summed E-state index contributed by atoms with van der Waals surface area (Å²) in [5.74, 6) is -0.416. The van der Waals surface area contributed by atoms with Crippen LogP contribution in [0.2, 0.25) is 0 Å². The predicted molar refractivity (Wildman–Crippen MR) is 85.5 cm³/mol. The highest BCUT2D eigenvalue weighted by Gasteiger charge is 2.18. The molecule has 1 N–H and O–H groups in total. The average molecular weight is 349 g/mol. The maximum absolute atomic E-state index is 12.2. The van der Waals surface area contributed by atoms with Gasteiger partial charge in [0.15, 0.2) is 5.13 Å². The van der Waals surface area contributed by atoms with Gasteiger partial charge >= 0.3 is 5.97 Å². The van der Waals surface area contributed by atoms with Crippen LogP contribution in [-0.2, 0) is 9.47 Å². The number of esters is 1. The summed E-state index contributed by atoms with van der Waals surface area (Å²) in [4.78, 5) is 31.9. The van der Waals surface area contributed by atoms with Crippen molar-refractivity contribution >= 4 is 28.3 Å². The number of rotatable bonds is 5. The fourth-order valence-electron chi connectivity index (χ4n) is 2.06. The number of ether oxygens (including phenoxy) is 3. The molecule has 0 aromatic carbocycles. The number of hydrogen-bond acceptors (Lipinski definition) is 8. The number of amides is 1. The van der Waals surface area contributed by atoms with E-state index in [0.29, 0.717) is 34.7 Å². The Labute approximate surface area is 141 Å². The number of nitrogens with one attached hydrogen (secondary N) is 1. The molecule has 9 heteroatoms. The molecule has 2 aromatic heterocycles. The molecule has 0 bridgehead atoms. The second-order valence-electron chi connectivity index (χ2n) is 4.96. The van der Waals surface area contributed by atoms with Crippen LogP contribution in [0.4, 0.5) is 5.13 Å². The summed E-state index contributed by atoms with van der Waals surface area (Å²) in [7, 11) is 1.29. The number of methoxy groups -OCH3 is 1. The van der Waals surface area contributed by atoms with Crippen LogP contribution in [0.3, 0.4) is 0 Å². The Morgan fingerprint density at radius 3 is 2.88 bits per heavy atom. The third kappa shape index (κ3) is 3.87. The van der Waals surface area contributed by atoms with Gasteiger partial charge in [0.2, 0.25) is 5.88 Å². The first kappa shape index (κ1) is 16.3. The van der Waals surface area contributed by atoms with Crippen LogP contribution in [0.25, 0.3) is 0 Å². The Morgan fingerprint density at radius 1 is 1.33 bits per heavy atom. The van der Waals surface area contributed by atoms with Gasteiger partial charge in [-0.1, -0.05) is 11.3 Å². The van der Waals surface area contributed by atoms with Crippen molar-refractivity contribution in [1.82, 2.24) is 9.97 Å². The lowest BCUT2D eigenvalue weighted by atomic mass is 10.2. The van der Waals surface area contributed by atoms with E-state index < -0.39 is 5.97 Å². The predicted octanol–water partition coefficient (Wildman–Crippen LogP) is 1.74. The number of aromatic nitrogens is 2. The van der Waals surface area contributed by atoms with Gasteiger partial charge in [0, 0.05) is 18.7 Å². The van der Waals surface area contributed by atoms with E-state index in [2.05, 4.69) is 20.0 Å². The van der Waals surface area contributed by atoms with Crippen molar-refractivity contribution in [3.8, 4) is 5.88 Å². The summed E-state index contributed by atoms with van der Waals surface area (Å²) in [6.07, 6.45) is 3.61. The summed E-state index contributed by atoms with van der Waals surface area (Å²) in [6.45, 7) is 1.24. The fourth-order valence-corrected chi connectivity index (χ4v) is 2.79. The van der Waals surface area contributed by atoms with E-state index in [-0.39, 0.29) is 12.0 Å². The minimum atomic E-state index is -0.493. The summed E-state index contributed by atoms with van der Waals surface area (Å²) in [5.41, 5.74) is 0.361. The van der Waals surface area contributed by atoms with E-state index in [0.717, 1.165) is 17.8 Å². The normalized spacial score (nSPS) is 16.6. The molecule has 1 atom stereocenters. The van der Waals surface area contributed by atoms with Crippen molar-refractivity contribution in [3.05, 3.63) is 35.0 Å². The number of carbonyl (C=O) groups is 2. The van der Waals surface area contributed by atoms with Gasteiger partial charge in [-0.2, -0.15) is 0 Å². The molecular formula is C15H15N3O5S. The molecule has 1 amide bonds. The quantitative estimate of drug-likeness (QED) is 0.821. The Hall–Kier alpha value is -2.52. The minimum absolute atomic E-state index is 0.00392. The Kier molecular flexibility index (Phi) is 5.02. The standard InChI is InChI=1S/C15H15N3O5S/c1-21-14(20)11-7-17-15(24-11)18-13(19)9-2-3-12(16-6-9)23-10-4-5-22-8-10/h2-3,6-7,10H,4-5,8H2,1H3,(H,17,18,19). The molecule has 0 aliphatic carbocycles. The second-order valence-corrected chi connectivity index (χ2v) is 5.99. The van der Waals surface area contributed by atoms with Crippen LogP contribution in [0.1, 0.15) is 26.5 Å². The zero-order valence-electron chi connectivity index (χ0n) is 12.9. The molecule has 1 unspecified atom stereocenters. The van der Waals surface area contributed by atoms with Crippen molar-refractivity contribution < 1.29 is 23.8 Å². The minimum Gasteiger partial charge on any atom is -0.472 e. The maximum Gasteiger partial charge on any atom is 0.349 e. The van der Waals surface area contributed by atoms with Gasteiger partial charge in [-0.05, 0) is 6.07 Å². The Balaban J connectivity index is 1.60. The molecule has 3 rings (SSSR count). The first-order valence-corrected chi connectivity index (χ1v) is 8.03. The molecule has 0 radical (unpaired) electrons. The van der Waals surface area contributed by atoms with Gasteiger partial charge in [-0.25, -0.2) is 14.8 Å². The molecule has 2 aromatic rings. The topological polar surface area (TPSA) is 99.6 Å². The van der Waals surface area contributed by atoms with E-state index in [9.17, 15) is 9.59 Å². The van der Waals surface area contributed by atoms with Gasteiger partial charge in [-0.15, -0.1) is 0 Å². The van der Waals surface area contributed by atoms with Crippen LogP contribution >= 0.6 is 11.3 Å². The van der Waals surface area contributed by atoms with Crippen molar-refractivity contribution in [1.29, 1.82) is 0 Å². The number of pyridine rings is 1. The maximum atomic E-state index is 12.2. The fraction of sp³-hybridized carbons (Fsp3) is 0.333. The van der Waals surface area contributed by atoms with Crippen LogP contribution < -0.4 is 10.1 Å². The SMILES string of the molecule is COC(=O)c1cnc(NC(=O)c2ccc(OC3CCOC3)nc2)s1. The molecule has 3 heterocycles. The van der Waals surface area contributed by atoms with Crippen LogP contribution in [0.5, 0.6) is 5.88 Å². The highest BCUT2D eigenvalue weighted by Crippen LogP contribution is 2.20. The molecule has 8 nitrogen and oxygen atoms in total. The third-order valence-corrected chi connectivity index (χ3v) is 4.18. The largest absolute Gasteiger partial charge is 0.472 e. The van der Waals surface area contributed by atoms with E-state index in [1.165, 1.54) is 19.5 Å². The summed E-state index contributed by atoms with van der Waals surface area (Å²) < 4.78 is 15.5. The number of carbonyl (C=O) groups excluding carboxylic acids is 2. The molecule has 1 saturated heterocycles. The van der Waals surface area contributed by atoms with Crippen LogP contribution in [0, 0.1) is 0 Å². The summed E-state index contributed by atoms with van der Waals surface area (Å²) >= 11 is 1.04. The average Bonchev–Trinajstić information content (AvgIpc) is 3.27. The third-order valence-electron chi connectivity index (χ3n) is 3.29. The molecule has 126 valence electrons. The van der Waals surface area contributed by atoms with Crippen molar-refractivity contribution in [2.24, 2.45) is 0 Å². The van der Waals surface area contributed by atoms with Gasteiger partial charge < -0.3 is 14.2 Å². The molecule has 1 fully saturated rings. The van der Waals surface area contributed by atoms with Gasteiger partial charge in [0.25, 0.3) is 5.91 Å². The first-order chi connectivity index (χ1) is 11.7. The first-order valence-electron chi connectivity index (χ1n) is 7.21. The van der Waals surface area contributed by atoms with Gasteiger partial charge in [0.1, 0.15) is 11.0 Å². The van der Waals surface area contributed by atoms with Crippen molar-refractivity contribution in [2.75, 3.05) is 25.6 Å². The monoisotopic (exact) mass is 349 g/mol. The zero-order chi connectivity index (χ0) is 16.9. The van der Waals surface area contributed by atoms with E-state index in [4.69, 9.17) is 9.47 Å². The summed E-state index contributed by atoms with van der Waals surface area (Å²) in [5, 5.41) is 2.92. The van der Waals surface area contributed by atoms with E-state index in [1.54, 1.807) is 12.1 Å². The molecule has 24 heavy (non-hydrogen) atoms. The lowest BCUT2D eigenvalue weighted by molar-refractivity contribution is 0.0606. The number of nitrogens with zero attached hydrogens (tertiary/aromatic N) is 2. The highest BCUT2D eigenvalue weighted by atomic mass is 32.1. The molecule has 1 aliphatic rings. The van der Waals surface area contributed by atoms with Crippen LogP contribution in [0.15, 0.2) is 24.5 Å². The molecule has 1 aliphatic heterocycles. The van der Waals surface area contributed by atoms with Crippen LogP contribution in [-0.4, -0.2) is 48.3 Å². The summed E-state index contributed by atoms with van der Waals surface area (Å²) in [6, 6.07) is 3.25. The highest BCUT2D eigenvalue weighted by molar-refractivity contribution is 7.17. The smallest absolute Gasteiger partial charge is 0.349 e. The van der Waals surface area contributed by atoms with Crippen molar-refractivity contribution in [2.45, 2.75) is 12.5 Å². The lowest BCUT2D eigenvalue weighted by Crippen LogP contribution is -2.17. The lowest BCUT2D eigenvalue weighted by Gasteiger charge is -2.10. The van der Waals surface area contributed by atoms with Crippen molar-refractivity contribution in [3.63, 3.8) is 0 Å². The number of anilines is 1. The number of thiazole rings is 1. The Bertz CT molecular complexity index is 725. The zero-order valence-corrected chi connectivity index (χ0v) is 13.7.